The third-order valence-corrected chi connectivity index (χ3v) is 2.70. The van der Waals surface area contributed by atoms with Crippen LogP contribution in [0.5, 0.6) is 0 Å². The van der Waals surface area contributed by atoms with Gasteiger partial charge in [-0.1, -0.05) is 12.1 Å². The van der Waals surface area contributed by atoms with Gasteiger partial charge in [-0.15, -0.1) is 0 Å². The molecule has 2 aromatic rings. The van der Waals surface area contributed by atoms with Gasteiger partial charge < -0.3 is 10.4 Å². The van der Waals surface area contributed by atoms with Gasteiger partial charge in [-0.3, -0.25) is 4.79 Å². The number of aromatic nitrogens is 1. The second-order valence-corrected chi connectivity index (χ2v) is 4.12. The van der Waals surface area contributed by atoms with E-state index < -0.39 is 17.7 Å². The van der Waals surface area contributed by atoms with Crippen LogP contribution in [0.2, 0.25) is 0 Å². The van der Waals surface area contributed by atoms with Gasteiger partial charge in [-0.25, -0.2) is 14.2 Å². The maximum Gasteiger partial charge on any atom is 0.354 e. The topological polar surface area (TPSA) is 79.3 Å². The zero-order valence-electron chi connectivity index (χ0n) is 10.6. The van der Waals surface area contributed by atoms with Crippen molar-refractivity contribution in [2.24, 2.45) is 0 Å². The van der Waals surface area contributed by atoms with E-state index in [9.17, 15) is 14.0 Å². The van der Waals surface area contributed by atoms with Gasteiger partial charge in [0.15, 0.2) is 0 Å². The van der Waals surface area contributed by atoms with E-state index in [0.29, 0.717) is 5.56 Å². The molecule has 0 saturated heterocycles. The van der Waals surface area contributed by atoms with E-state index in [-0.39, 0.29) is 16.9 Å². The smallest absolute Gasteiger partial charge is 0.354 e. The summed E-state index contributed by atoms with van der Waals surface area (Å²) in [5.41, 5.74) is 0.500. The molecule has 1 aromatic carbocycles. The highest BCUT2D eigenvalue weighted by atomic mass is 19.1. The summed E-state index contributed by atoms with van der Waals surface area (Å²) in [6.45, 7) is 1.66. The molecule has 1 heterocycles. The Morgan fingerprint density at radius 3 is 2.70 bits per heavy atom. The highest BCUT2D eigenvalue weighted by molar-refractivity contribution is 6.05. The zero-order chi connectivity index (χ0) is 14.7. The van der Waals surface area contributed by atoms with Crippen molar-refractivity contribution >= 4 is 17.6 Å². The maximum atomic E-state index is 13.6. The van der Waals surface area contributed by atoms with Crippen LogP contribution in [0.15, 0.2) is 36.5 Å². The van der Waals surface area contributed by atoms with Gasteiger partial charge >= 0.3 is 5.97 Å². The number of pyridine rings is 1. The van der Waals surface area contributed by atoms with Gasteiger partial charge in [0.1, 0.15) is 11.5 Å². The van der Waals surface area contributed by atoms with Crippen LogP contribution < -0.4 is 5.32 Å². The Bertz CT molecular complexity index is 666. The number of carboxylic acids is 1. The van der Waals surface area contributed by atoms with Crippen molar-refractivity contribution in [1.29, 1.82) is 0 Å². The van der Waals surface area contributed by atoms with E-state index in [0.717, 1.165) is 6.07 Å². The summed E-state index contributed by atoms with van der Waals surface area (Å²) >= 11 is 0. The Hall–Kier alpha value is -2.76. The standard InChI is InChI=1S/C14H11FN2O3/c1-8-3-2-4-10(15)12(8)17-13(18)9-5-6-16-11(7-9)14(19)20/h2-7H,1H3,(H,17,18)(H,19,20). The molecular weight excluding hydrogens is 263 g/mol. The second-order valence-electron chi connectivity index (χ2n) is 4.12. The molecule has 1 aromatic heterocycles. The third-order valence-electron chi connectivity index (χ3n) is 2.70. The number of aromatic carboxylic acids is 1. The molecule has 1 amide bonds. The van der Waals surface area contributed by atoms with Gasteiger partial charge in [0.2, 0.25) is 0 Å². The number of amides is 1. The molecule has 0 unspecified atom stereocenters. The Kier molecular flexibility index (Phi) is 3.74. The fourth-order valence-electron chi connectivity index (χ4n) is 1.66. The Morgan fingerprint density at radius 1 is 1.30 bits per heavy atom. The number of benzene rings is 1. The average molecular weight is 274 g/mol. The fourth-order valence-corrected chi connectivity index (χ4v) is 1.66. The van der Waals surface area contributed by atoms with Gasteiger partial charge in [0, 0.05) is 11.8 Å². The number of anilines is 1. The Morgan fingerprint density at radius 2 is 2.05 bits per heavy atom. The highest BCUT2D eigenvalue weighted by Crippen LogP contribution is 2.19. The number of hydrogen-bond acceptors (Lipinski definition) is 3. The minimum atomic E-state index is -1.23. The largest absolute Gasteiger partial charge is 0.477 e. The molecule has 6 heteroatoms. The van der Waals surface area contributed by atoms with Crippen molar-refractivity contribution in [3.05, 3.63) is 59.2 Å². The minimum Gasteiger partial charge on any atom is -0.477 e. The molecule has 0 aliphatic carbocycles. The number of aryl methyl sites for hydroxylation is 1. The van der Waals surface area contributed by atoms with E-state index in [2.05, 4.69) is 10.3 Å². The van der Waals surface area contributed by atoms with Gasteiger partial charge in [0.25, 0.3) is 5.91 Å². The summed E-state index contributed by atoms with van der Waals surface area (Å²) < 4.78 is 13.6. The summed E-state index contributed by atoms with van der Waals surface area (Å²) in [6.07, 6.45) is 1.21. The van der Waals surface area contributed by atoms with Crippen molar-refractivity contribution in [2.45, 2.75) is 6.92 Å². The lowest BCUT2D eigenvalue weighted by atomic mass is 10.1. The quantitative estimate of drug-likeness (QED) is 0.901. The van der Waals surface area contributed by atoms with E-state index in [4.69, 9.17) is 5.11 Å². The van der Waals surface area contributed by atoms with E-state index in [1.165, 1.54) is 24.4 Å². The number of rotatable bonds is 3. The molecule has 5 nitrogen and oxygen atoms in total. The molecular formula is C14H11FN2O3. The summed E-state index contributed by atoms with van der Waals surface area (Å²) in [4.78, 5) is 26.4. The van der Waals surface area contributed by atoms with E-state index in [1.807, 2.05) is 0 Å². The Labute approximate surface area is 114 Å². The van der Waals surface area contributed by atoms with E-state index in [1.54, 1.807) is 13.0 Å². The number of carboxylic acid groups (broad SMARTS) is 1. The van der Waals surface area contributed by atoms with Crippen LogP contribution in [0.3, 0.4) is 0 Å². The van der Waals surface area contributed by atoms with Crippen LogP contribution in [0.1, 0.15) is 26.4 Å². The van der Waals surface area contributed by atoms with Crippen LogP contribution >= 0.6 is 0 Å². The molecule has 0 aliphatic rings. The molecule has 0 radical (unpaired) electrons. The number of carbonyl (C=O) groups excluding carboxylic acids is 1. The number of nitrogens with one attached hydrogen (secondary N) is 1. The predicted molar refractivity (Wildman–Crippen MR) is 70.3 cm³/mol. The fraction of sp³-hybridized carbons (Fsp3) is 0.0714. The SMILES string of the molecule is Cc1cccc(F)c1NC(=O)c1ccnc(C(=O)O)c1. The number of nitrogens with zero attached hydrogens (tertiary/aromatic N) is 1. The van der Waals surface area contributed by atoms with Crippen LogP contribution in [-0.4, -0.2) is 22.0 Å². The molecule has 2 N–H and O–H groups in total. The average Bonchev–Trinajstić information content (AvgIpc) is 2.43. The van der Waals surface area contributed by atoms with Gasteiger partial charge in [0.05, 0.1) is 5.69 Å². The van der Waals surface area contributed by atoms with Crippen molar-refractivity contribution < 1.29 is 19.1 Å². The number of hydrogen-bond donors (Lipinski definition) is 2. The molecule has 0 spiro atoms. The van der Waals surface area contributed by atoms with Crippen LogP contribution in [0, 0.1) is 12.7 Å². The van der Waals surface area contributed by atoms with Crippen LogP contribution in [0.25, 0.3) is 0 Å². The lowest BCUT2D eigenvalue weighted by Crippen LogP contribution is -2.15. The molecule has 0 fully saturated rings. The normalized spacial score (nSPS) is 10.1. The summed E-state index contributed by atoms with van der Waals surface area (Å²) in [6, 6.07) is 6.92. The van der Waals surface area contributed by atoms with Crippen molar-refractivity contribution in [3.63, 3.8) is 0 Å². The predicted octanol–water partition coefficient (Wildman–Crippen LogP) is 2.48. The number of halogens is 1. The summed E-state index contributed by atoms with van der Waals surface area (Å²) in [5, 5.41) is 11.2. The van der Waals surface area contributed by atoms with Crippen molar-refractivity contribution in [1.82, 2.24) is 4.98 Å². The lowest BCUT2D eigenvalue weighted by Gasteiger charge is -2.09. The number of carbonyl (C=O) groups is 2. The van der Waals surface area contributed by atoms with E-state index >= 15 is 0 Å². The zero-order valence-corrected chi connectivity index (χ0v) is 10.6. The molecule has 0 saturated carbocycles. The summed E-state index contributed by atoms with van der Waals surface area (Å²) in [7, 11) is 0. The highest BCUT2D eigenvalue weighted by Gasteiger charge is 2.13. The molecule has 20 heavy (non-hydrogen) atoms. The first kappa shape index (κ1) is 13.7. The first-order valence-corrected chi connectivity index (χ1v) is 5.75. The first-order chi connectivity index (χ1) is 9.49. The summed E-state index contributed by atoms with van der Waals surface area (Å²) in [5.74, 6) is -2.38. The molecule has 0 aliphatic heterocycles. The van der Waals surface area contributed by atoms with Gasteiger partial charge in [-0.2, -0.15) is 0 Å². The van der Waals surface area contributed by atoms with Crippen LogP contribution in [-0.2, 0) is 0 Å². The maximum absolute atomic E-state index is 13.6. The lowest BCUT2D eigenvalue weighted by molar-refractivity contribution is 0.0690. The first-order valence-electron chi connectivity index (χ1n) is 5.75. The second kappa shape index (κ2) is 5.48. The molecule has 2 rings (SSSR count). The molecule has 0 atom stereocenters. The van der Waals surface area contributed by atoms with Crippen molar-refractivity contribution in [3.8, 4) is 0 Å². The minimum absolute atomic E-state index is 0.0752. The third kappa shape index (κ3) is 2.80. The van der Waals surface area contributed by atoms with Crippen molar-refractivity contribution in [2.75, 3.05) is 5.32 Å². The van der Waals surface area contributed by atoms with Gasteiger partial charge in [-0.05, 0) is 30.7 Å². The number of para-hydroxylation sites is 1. The van der Waals surface area contributed by atoms with Crippen LogP contribution in [0.4, 0.5) is 10.1 Å². The molecule has 0 bridgehead atoms. The monoisotopic (exact) mass is 274 g/mol. The Balaban J connectivity index is 2.29. The molecule has 102 valence electrons.